The molecule has 7 atom stereocenters. The van der Waals surface area contributed by atoms with Gasteiger partial charge in [0.2, 0.25) is 5.91 Å². The lowest BCUT2D eigenvalue weighted by Crippen LogP contribution is -2.60. The van der Waals surface area contributed by atoms with Gasteiger partial charge in [0, 0.05) is 6.42 Å². The Hall–Kier alpha value is -1.59. The topological polar surface area (TPSA) is 149 Å². The van der Waals surface area contributed by atoms with E-state index in [1.165, 1.54) is 141 Å². The van der Waals surface area contributed by atoms with Crippen molar-refractivity contribution in [1.82, 2.24) is 5.32 Å². The molecule has 0 aliphatic carbocycles. The second-order valence-corrected chi connectivity index (χ2v) is 17.2. The molecule has 0 aromatic rings. The van der Waals surface area contributed by atoms with Crippen molar-refractivity contribution in [2.45, 2.75) is 262 Å². The molecule has 59 heavy (non-hydrogen) atoms. The molecule has 0 radical (unpaired) electrons. The van der Waals surface area contributed by atoms with E-state index in [9.17, 15) is 30.3 Å². The number of rotatable bonds is 41. The molecule has 1 aliphatic rings. The van der Waals surface area contributed by atoms with E-state index in [4.69, 9.17) is 9.47 Å². The summed E-state index contributed by atoms with van der Waals surface area (Å²) in [6.45, 7) is 3.75. The highest BCUT2D eigenvalue weighted by atomic mass is 16.7. The van der Waals surface area contributed by atoms with Crippen molar-refractivity contribution in [3.05, 3.63) is 36.5 Å². The largest absolute Gasteiger partial charge is 0.394 e. The molecule has 9 nitrogen and oxygen atoms in total. The monoisotopic (exact) mass is 836 g/mol. The van der Waals surface area contributed by atoms with Crippen LogP contribution in [0.5, 0.6) is 0 Å². The summed E-state index contributed by atoms with van der Waals surface area (Å²) in [4.78, 5) is 13.0. The first-order valence-electron chi connectivity index (χ1n) is 24.7. The summed E-state index contributed by atoms with van der Waals surface area (Å²) in [6, 6.07) is -0.824. The third-order valence-corrected chi connectivity index (χ3v) is 11.7. The van der Waals surface area contributed by atoms with Crippen molar-refractivity contribution >= 4 is 5.91 Å². The lowest BCUT2D eigenvalue weighted by atomic mass is 9.99. The van der Waals surface area contributed by atoms with Gasteiger partial charge in [0.1, 0.15) is 24.4 Å². The molecular weight excluding hydrogens is 743 g/mol. The Morgan fingerprint density at radius 3 is 1.42 bits per heavy atom. The molecule has 0 spiro atoms. The molecule has 1 amide bonds. The quantitative estimate of drug-likeness (QED) is 0.0263. The van der Waals surface area contributed by atoms with Gasteiger partial charge >= 0.3 is 0 Å². The van der Waals surface area contributed by atoms with Crippen molar-refractivity contribution in [1.29, 1.82) is 0 Å². The smallest absolute Gasteiger partial charge is 0.220 e. The Morgan fingerprint density at radius 1 is 0.559 bits per heavy atom. The first-order valence-corrected chi connectivity index (χ1v) is 24.7. The van der Waals surface area contributed by atoms with Crippen LogP contribution >= 0.6 is 0 Å². The molecule has 0 bridgehead atoms. The Morgan fingerprint density at radius 2 is 0.966 bits per heavy atom. The number of hydrogen-bond acceptors (Lipinski definition) is 8. The molecule has 0 saturated carbocycles. The number of allylic oxidation sites excluding steroid dienone is 5. The molecule has 6 N–H and O–H groups in total. The van der Waals surface area contributed by atoms with Crippen molar-refractivity contribution in [3.63, 3.8) is 0 Å². The number of nitrogens with one attached hydrogen (secondary N) is 1. The van der Waals surface area contributed by atoms with Gasteiger partial charge in [-0.25, -0.2) is 0 Å². The van der Waals surface area contributed by atoms with Crippen molar-refractivity contribution in [2.24, 2.45) is 0 Å². The summed E-state index contributed by atoms with van der Waals surface area (Å²) in [7, 11) is 0. The Bertz CT molecular complexity index is 1020. The molecule has 1 fully saturated rings. The van der Waals surface area contributed by atoms with Crippen LogP contribution in [-0.4, -0.2) is 87.5 Å². The van der Waals surface area contributed by atoms with Gasteiger partial charge in [-0.2, -0.15) is 0 Å². The highest BCUT2D eigenvalue weighted by Gasteiger charge is 2.44. The molecule has 0 aromatic heterocycles. The summed E-state index contributed by atoms with van der Waals surface area (Å²) in [6.07, 6.45) is 43.4. The van der Waals surface area contributed by atoms with Gasteiger partial charge in [-0.1, -0.05) is 192 Å². The molecule has 1 aliphatic heterocycles. The Labute approximate surface area is 361 Å². The number of carbonyl (C=O) groups excluding carboxylic acids is 1. The van der Waals surface area contributed by atoms with Crippen LogP contribution in [0.3, 0.4) is 0 Å². The van der Waals surface area contributed by atoms with E-state index >= 15 is 0 Å². The van der Waals surface area contributed by atoms with Gasteiger partial charge < -0.3 is 40.3 Å². The fraction of sp³-hybridized carbons (Fsp3) is 0.860. The lowest BCUT2D eigenvalue weighted by Gasteiger charge is -2.40. The summed E-state index contributed by atoms with van der Waals surface area (Å²) in [5, 5.41) is 54.2. The van der Waals surface area contributed by atoms with Crippen molar-refractivity contribution in [2.75, 3.05) is 13.2 Å². The third kappa shape index (κ3) is 31.0. The van der Waals surface area contributed by atoms with Crippen LogP contribution in [0.15, 0.2) is 36.5 Å². The lowest BCUT2D eigenvalue weighted by molar-refractivity contribution is -0.302. The molecular formula is C50H93NO8. The van der Waals surface area contributed by atoms with Crippen LogP contribution in [0, 0.1) is 0 Å². The number of carbonyl (C=O) groups is 1. The molecule has 7 unspecified atom stereocenters. The van der Waals surface area contributed by atoms with Gasteiger partial charge in [-0.15, -0.1) is 0 Å². The second kappa shape index (κ2) is 40.5. The van der Waals surface area contributed by atoms with Crippen LogP contribution in [0.2, 0.25) is 0 Å². The average Bonchev–Trinajstić information content (AvgIpc) is 3.23. The highest BCUT2D eigenvalue weighted by molar-refractivity contribution is 5.76. The SMILES string of the molecule is CCCCCCCC/C=C\CCCCCCCC(=O)NC(COC1OC(CO)C(O)C(O)C1O)C(O)/C=C/CC/C=C/CCCCCCCCCCCCCCCCC. The van der Waals surface area contributed by atoms with E-state index in [1.54, 1.807) is 6.08 Å². The van der Waals surface area contributed by atoms with Gasteiger partial charge in [0.25, 0.3) is 0 Å². The van der Waals surface area contributed by atoms with Crippen molar-refractivity contribution < 1.29 is 39.8 Å². The standard InChI is InChI=1S/C50H93NO8/c1-3-5-7-9-11-13-15-17-19-20-21-22-23-24-26-27-29-31-33-35-37-39-44(53)43(42-58-50-49(57)48(56)47(55)45(41-52)59-50)51-46(54)40-38-36-34-32-30-28-25-18-16-14-12-10-8-6-4-2/h18,25,29,31,37,39,43-45,47-50,52-53,55-57H,3-17,19-24,26-28,30,32-36,38,40-42H2,1-2H3,(H,51,54)/b25-18-,31-29+,39-37+. The molecule has 346 valence electrons. The number of amides is 1. The van der Waals surface area contributed by atoms with Crippen molar-refractivity contribution in [3.8, 4) is 0 Å². The number of aliphatic hydroxyl groups excluding tert-OH is 5. The van der Waals surface area contributed by atoms with Gasteiger partial charge in [-0.05, 0) is 57.8 Å². The molecule has 1 saturated heterocycles. The van der Waals surface area contributed by atoms with Crippen LogP contribution < -0.4 is 5.32 Å². The predicted octanol–water partition coefficient (Wildman–Crippen LogP) is 10.8. The van der Waals surface area contributed by atoms with Crippen LogP contribution in [0.1, 0.15) is 219 Å². The number of ether oxygens (including phenoxy) is 2. The van der Waals surface area contributed by atoms with Gasteiger partial charge in [0.05, 0.1) is 25.4 Å². The highest BCUT2D eigenvalue weighted by Crippen LogP contribution is 2.23. The fourth-order valence-corrected chi connectivity index (χ4v) is 7.70. The molecule has 1 rings (SSSR count). The zero-order chi connectivity index (χ0) is 43.0. The minimum atomic E-state index is -1.57. The van der Waals surface area contributed by atoms with E-state index in [2.05, 4.69) is 43.5 Å². The van der Waals surface area contributed by atoms with E-state index in [1.807, 2.05) is 6.08 Å². The minimum absolute atomic E-state index is 0.195. The summed E-state index contributed by atoms with van der Waals surface area (Å²) in [5.74, 6) is -0.195. The summed E-state index contributed by atoms with van der Waals surface area (Å²) in [5.41, 5.74) is 0. The third-order valence-electron chi connectivity index (χ3n) is 11.7. The first-order chi connectivity index (χ1) is 28.8. The number of hydrogen-bond donors (Lipinski definition) is 6. The van der Waals surface area contributed by atoms with E-state index in [0.29, 0.717) is 6.42 Å². The predicted molar refractivity (Wildman–Crippen MR) is 244 cm³/mol. The van der Waals surface area contributed by atoms with E-state index < -0.39 is 49.5 Å². The van der Waals surface area contributed by atoms with Gasteiger partial charge in [-0.3, -0.25) is 4.79 Å². The number of unbranched alkanes of at least 4 members (excludes halogenated alkanes) is 27. The Balaban J connectivity index is 2.34. The van der Waals surface area contributed by atoms with E-state index in [0.717, 1.165) is 57.8 Å². The van der Waals surface area contributed by atoms with Gasteiger partial charge in [0.15, 0.2) is 6.29 Å². The van der Waals surface area contributed by atoms with Crippen LogP contribution in [0.4, 0.5) is 0 Å². The maximum absolute atomic E-state index is 13.0. The maximum atomic E-state index is 13.0. The Kier molecular flexibility index (Phi) is 38.0. The number of aliphatic hydroxyl groups is 5. The minimum Gasteiger partial charge on any atom is -0.394 e. The average molecular weight is 836 g/mol. The zero-order valence-corrected chi connectivity index (χ0v) is 38.0. The molecule has 0 aromatic carbocycles. The maximum Gasteiger partial charge on any atom is 0.220 e. The summed E-state index contributed by atoms with van der Waals surface area (Å²) < 4.78 is 11.2. The second-order valence-electron chi connectivity index (χ2n) is 17.2. The fourth-order valence-electron chi connectivity index (χ4n) is 7.70. The summed E-state index contributed by atoms with van der Waals surface area (Å²) >= 11 is 0. The first kappa shape index (κ1) is 55.4. The molecule has 1 heterocycles. The van der Waals surface area contributed by atoms with Crippen LogP contribution in [-0.2, 0) is 14.3 Å². The van der Waals surface area contributed by atoms with E-state index in [-0.39, 0.29) is 12.5 Å². The normalized spacial score (nSPS) is 21.0. The zero-order valence-electron chi connectivity index (χ0n) is 38.0. The van der Waals surface area contributed by atoms with Crippen LogP contribution in [0.25, 0.3) is 0 Å². The molecule has 9 heteroatoms.